The standard InChI is InChI=1S/C20H17NO5/c1-25-14-9-10-16(18(22)11-14)20(24)26-12-19(23)21-17-8-4-6-13-5-2-3-7-15(13)17/h2-11,22H,12H2,1H3,(H,21,23). The largest absolute Gasteiger partial charge is 0.507 e. The van der Waals surface area contributed by atoms with Crippen LogP contribution in [0.5, 0.6) is 11.5 Å². The van der Waals surface area contributed by atoms with Crippen molar-refractivity contribution in [1.29, 1.82) is 0 Å². The number of aromatic hydroxyl groups is 1. The Morgan fingerprint density at radius 2 is 1.81 bits per heavy atom. The first-order valence-electron chi connectivity index (χ1n) is 7.90. The van der Waals surface area contributed by atoms with Gasteiger partial charge in [0, 0.05) is 17.1 Å². The van der Waals surface area contributed by atoms with Crippen molar-refractivity contribution in [3.63, 3.8) is 0 Å². The van der Waals surface area contributed by atoms with Gasteiger partial charge in [0.15, 0.2) is 6.61 Å². The third-order valence-corrected chi connectivity index (χ3v) is 3.82. The summed E-state index contributed by atoms with van der Waals surface area (Å²) in [6.45, 7) is -0.465. The van der Waals surface area contributed by atoms with Crippen molar-refractivity contribution in [3.05, 3.63) is 66.2 Å². The average molecular weight is 351 g/mol. The van der Waals surface area contributed by atoms with Gasteiger partial charge in [0.05, 0.1) is 7.11 Å². The van der Waals surface area contributed by atoms with Crippen LogP contribution in [0.25, 0.3) is 10.8 Å². The highest BCUT2D eigenvalue weighted by Crippen LogP contribution is 2.24. The Morgan fingerprint density at radius 1 is 1.04 bits per heavy atom. The van der Waals surface area contributed by atoms with Crippen LogP contribution >= 0.6 is 0 Å². The number of benzene rings is 3. The smallest absolute Gasteiger partial charge is 0.342 e. The van der Waals surface area contributed by atoms with Crippen LogP contribution in [-0.4, -0.2) is 30.7 Å². The van der Waals surface area contributed by atoms with Gasteiger partial charge in [-0.3, -0.25) is 4.79 Å². The van der Waals surface area contributed by atoms with E-state index in [0.717, 1.165) is 10.8 Å². The third kappa shape index (κ3) is 3.75. The second-order valence-electron chi connectivity index (χ2n) is 5.53. The second kappa shape index (κ2) is 7.57. The van der Waals surface area contributed by atoms with Crippen LogP contribution in [0.4, 0.5) is 5.69 Å². The fourth-order valence-electron chi connectivity index (χ4n) is 2.54. The van der Waals surface area contributed by atoms with E-state index in [0.29, 0.717) is 11.4 Å². The number of hydrogen-bond donors (Lipinski definition) is 2. The summed E-state index contributed by atoms with van der Waals surface area (Å²) >= 11 is 0. The van der Waals surface area contributed by atoms with E-state index in [1.807, 2.05) is 36.4 Å². The maximum atomic E-state index is 12.1. The van der Waals surface area contributed by atoms with Crippen molar-refractivity contribution in [2.24, 2.45) is 0 Å². The van der Waals surface area contributed by atoms with E-state index in [9.17, 15) is 14.7 Å². The number of nitrogens with one attached hydrogen (secondary N) is 1. The van der Waals surface area contributed by atoms with Crippen molar-refractivity contribution in [2.45, 2.75) is 0 Å². The van der Waals surface area contributed by atoms with Crippen LogP contribution in [0.1, 0.15) is 10.4 Å². The van der Waals surface area contributed by atoms with Gasteiger partial charge in [-0.15, -0.1) is 0 Å². The lowest BCUT2D eigenvalue weighted by atomic mass is 10.1. The summed E-state index contributed by atoms with van der Waals surface area (Å²) in [7, 11) is 1.45. The van der Waals surface area contributed by atoms with Crippen LogP contribution in [0, 0.1) is 0 Å². The zero-order valence-corrected chi connectivity index (χ0v) is 14.1. The number of phenols is 1. The normalized spacial score (nSPS) is 10.3. The second-order valence-corrected chi connectivity index (χ2v) is 5.53. The van der Waals surface area contributed by atoms with Crippen molar-refractivity contribution in [2.75, 3.05) is 19.0 Å². The number of hydrogen-bond acceptors (Lipinski definition) is 5. The van der Waals surface area contributed by atoms with Gasteiger partial charge < -0.3 is 19.9 Å². The zero-order valence-electron chi connectivity index (χ0n) is 14.1. The molecule has 0 aromatic heterocycles. The van der Waals surface area contributed by atoms with Crippen molar-refractivity contribution < 1.29 is 24.2 Å². The van der Waals surface area contributed by atoms with E-state index in [4.69, 9.17) is 9.47 Å². The lowest BCUT2D eigenvalue weighted by molar-refractivity contribution is -0.119. The van der Waals surface area contributed by atoms with Crippen LogP contribution in [0.3, 0.4) is 0 Å². The topological polar surface area (TPSA) is 84.9 Å². The molecule has 0 radical (unpaired) electrons. The molecule has 0 aliphatic carbocycles. The minimum absolute atomic E-state index is 0.0382. The first-order valence-corrected chi connectivity index (χ1v) is 7.90. The monoisotopic (exact) mass is 351 g/mol. The fraction of sp³-hybridized carbons (Fsp3) is 0.100. The minimum atomic E-state index is -0.793. The molecule has 0 bridgehead atoms. The van der Waals surface area contributed by atoms with Gasteiger partial charge in [-0.2, -0.15) is 0 Å². The Hall–Kier alpha value is -3.54. The predicted octanol–water partition coefficient (Wildman–Crippen LogP) is 3.35. The highest BCUT2D eigenvalue weighted by atomic mass is 16.5. The zero-order chi connectivity index (χ0) is 18.5. The number of methoxy groups -OCH3 is 1. The predicted molar refractivity (Wildman–Crippen MR) is 97.5 cm³/mol. The molecule has 0 saturated carbocycles. The van der Waals surface area contributed by atoms with E-state index in [1.54, 1.807) is 6.07 Å². The number of amides is 1. The highest BCUT2D eigenvalue weighted by molar-refractivity contribution is 6.03. The molecule has 6 nitrogen and oxygen atoms in total. The van der Waals surface area contributed by atoms with Crippen LogP contribution in [-0.2, 0) is 9.53 Å². The molecule has 0 aliphatic heterocycles. The van der Waals surface area contributed by atoms with Gasteiger partial charge in [0.2, 0.25) is 0 Å². The first-order chi connectivity index (χ1) is 12.6. The molecule has 6 heteroatoms. The van der Waals surface area contributed by atoms with E-state index in [2.05, 4.69) is 5.32 Å². The molecule has 0 fully saturated rings. The molecule has 3 aromatic rings. The molecule has 0 unspecified atom stereocenters. The highest BCUT2D eigenvalue weighted by Gasteiger charge is 2.15. The molecular weight excluding hydrogens is 334 g/mol. The Morgan fingerprint density at radius 3 is 2.58 bits per heavy atom. The Balaban J connectivity index is 1.64. The lowest BCUT2D eigenvalue weighted by Gasteiger charge is -2.10. The molecular formula is C20H17NO5. The minimum Gasteiger partial charge on any atom is -0.507 e. The Labute approximate surface area is 150 Å². The summed E-state index contributed by atoms with van der Waals surface area (Å²) in [6.07, 6.45) is 0. The number of esters is 1. The number of rotatable bonds is 5. The maximum absolute atomic E-state index is 12.1. The number of fused-ring (bicyclic) bond motifs is 1. The van der Waals surface area contributed by atoms with Gasteiger partial charge in [-0.05, 0) is 23.6 Å². The van der Waals surface area contributed by atoms with E-state index in [-0.39, 0.29) is 11.3 Å². The summed E-state index contributed by atoms with van der Waals surface area (Å²) in [5, 5.41) is 14.4. The third-order valence-electron chi connectivity index (χ3n) is 3.82. The number of carbonyl (C=O) groups excluding carboxylic acids is 2. The van der Waals surface area contributed by atoms with Crippen LogP contribution in [0.15, 0.2) is 60.7 Å². The number of anilines is 1. The maximum Gasteiger partial charge on any atom is 0.342 e. The Bertz CT molecular complexity index is 962. The van der Waals surface area contributed by atoms with E-state index < -0.39 is 18.5 Å². The van der Waals surface area contributed by atoms with E-state index in [1.165, 1.54) is 25.3 Å². The van der Waals surface area contributed by atoms with Gasteiger partial charge in [-0.25, -0.2) is 4.79 Å². The van der Waals surface area contributed by atoms with Crippen molar-refractivity contribution >= 4 is 28.3 Å². The summed E-state index contributed by atoms with van der Waals surface area (Å²) in [4.78, 5) is 24.1. The summed E-state index contributed by atoms with van der Waals surface area (Å²) in [5.41, 5.74) is 0.597. The number of phenolic OH excluding ortho intramolecular Hbond substituents is 1. The molecule has 132 valence electrons. The van der Waals surface area contributed by atoms with Gasteiger partial charge >= 0.3 is 5.97 Å². The lowest BCUT2D eigenvalue weighted by Crippen LogP contribution is -2.21. The number of ether oxygens (including phenoxy) is 2. The molecule has 3 rings (SSSR count). The van der Waals surface area contributed by atoms with Gasteiger partial charge in [0.25, 0.3) is 5.91 Å². The molecule has 0 aliphatic rings. The van der Waals surface area contributed by atoms with Gasteiger partial charge in [-0.1, -0.05) is 36.4 Å². The first kappa shape index (κ1) is 17.3. The molecule has 1 amide bonds. The number of carbonyl (C=O) groups is 2. The molecule has 0 saturated heterocycles. The molecule has 3 aromatic carbocycles. The summed E-state index contributed by atoms with van der Waals surface area (Å²) < 4.78 is 9.93. The molecule has 0 atom stereocenters. The Kier molecular flexibility index (Phi) is 5.03. The molecule has 26 heavy (non-hydrogen) atoms. The van der Waals surface area contributed by atoms with Crippen molar-refractivity contribution in [3.8, 4) is 11.5 Å². The van der Waals surface area contributed by atoms with Gasteiger partial charge in [0.1, 0.15) is 17.1 Å². The molecule has 2 N–H and O–H groups in total. The fourth-order valence-corrected chi connectivity index (χ4v) is 2.54. The van der Waals surface area contributed by atoms with Crippen LogP contribution in [0.2, 0.25) is 0 Å². The van der Waals surface area contributed by atoms with Crippen molar-refractivity contribution in [1.82, 2.24) is 0 Å². The summed E-state index contributed by atoms with van der Waals surface area (Å²) in [5.74, 6) is -1.13. The quantitative estimate of drug-likeness (QED) is 0.689. The van der Waals surface area contributed by atoms with Crippen LogP contribution < -0.4 is 10.1 Å². The molecule has 0 heterocycles. The van der Waals surface area contributed by atoms with E-state index >= 15 is 0 Å². The summed E-state index contributed by atoms with van der Waals surface area (Å²) in [6, 6.07) is 17.4. The SMILES string of the molecule is COc1ccc(C(=O)OCC(=O)Nc2cccc3ccccc23)c(O)c1. The molecule has 0 spiro atoms. The average Bonchev–Trinajstić information content (AvgIpc) is 2.66.